The van der Waals surface area contributed by atoms with Gasteiger partial charge in [-0.2, -0.15) is 0 Å². The molecule has 0 N–H and O–H groups in total. The minimum Gasteiger partial charge on any atom is -0.496 e. The fraction of sp³-hybridized carbons (Fsp3) is 0.214. The van der Waals surface area contributed by atoms with Crippen LogP contribution < -0.4 is 4.74 Å². The van der Waals surface area contributed by atoms with E-state index >= 15 is 0 Å². The Labute approximate surface area is 111 Å². The molecule has 0 unspecified atom stereocenters. The van der Waals surface area contributed by atoms with Crippen LogP contribution in [0.15, 0.2) is 41.8 Å². The molecule has 0 aliphatic rings. The Kier molecular flexibility index (Phi) is 3.99. The molecule has 0 fully saturated rings. The van der Waals surface area contributed by atoms with E-state index in [4.69, 9.17) is 4.74 Å². The third-order valence-corrected chi connectivity index (χ3v) is 3.52. The number of benzene rings is 1. The van der Waals surface area contributed by atoms with E-state index in [0.717, 1.165) is 0 Å². The molecule has 1 amide bonds. The second kappa shape index (κ2) is 5.69. The number of carbonyl (C=O) groups excluding carboxylic acids is 1. The van der Waals surface area contributed by atoms with Gasteiger partial charge < -0.3 is 9.64 Å². The lowest BCUT2D eigenvalue weighted by Gasteiger charge is -2.17. The van der Waals surface area contributed by atoms with Crippen LogP contribution in [0.25, 0.3) is 0 Å². The van der Waals surface area contributed by atoms with Gasteiger partial charge >= 0.3 is 0 Å². The van der Waals surface area contributed by atoms with Gasteiger partial charge in [0.2, 0.25) is 0 Å². The third kappa shape index (κ3) is 2.71. The lowest BCUT2D eigenvalue weighted by molar-refractivity contribution is 0.0783. The molecule has 0 spiro atoms. The van der Waals surface area contributed by atoms with Gasteiger partial charge in [-0.05, 0) is 23.6 Å². The average molecular weight is 261 g/mol. The van der Waals surface area contributed by atoms with Crippen molar-refractivity contribution in [2.75, 3.05) is 14.2 Å². The van der Waals surface area contributed by atoms with Crippen LogP contribution in [0.1, 0.15) is 15.2 Å². The summed E-state index contributed by atoms with van der Waals surface area (Å²) in [5.74, 6) is 0.585. The number of methoxy groups -OCH3 is 1. The number of hydrogen-bond acceptors (Lipinski definition) is 3. The SMILES string of the molecule is COc1ccccc1C(=O)N(C)Cc1cccs1. The number of hydrogen-bond donors (Lipinski definition) is 0. The molecule has 0 aliphatic heterocycles. The number of carbonyl (C=O) groups is 1. The molecule has 0 radical (unpaired) electrons. The highest BCUT2D eigenvalue weighted by atomic mass is 32.1. The highest BCUT2D eigenvalue weighted by Gasteiger charge is 2.16. The Morgan fingerprint density at radius 2 is 2.06 bits per heavy atom. The van der Waals surface area contributed by atoms with Crippen molar-refractivity contribution in [3.05, 3.63) is 52.2 Å². The van der Waals surface area contributed by atoms with E-state index in [2.05, 4.69) is 0 Å². The van der Waals surface area contributed by atoms with E-state index in [9.17, 15) is 4.79 Å². The summed E-state index contributed by atoms with van der Waals surface area (Å²) in [6.45, 7) is 0.620. The number of para-hydroxylation sites is 1. The molecule has 0 bridgehead atoms. The smallest absolute Gasteiger partial charge is 0.257 e. The second-order valence-corrected chi connectivity index (χ2v) is 4.97. The number of amides is 1. The van der Waals surface area contributed by atoms with Crippen molar-refractivity contribution in [3.8, 4) is 5.75 Å². The normalized spacial score (nSPS) is 10.1. The van der Waals surface area contributed by atoms with Gasteiger partial charge in [0.05, 0.1) is 19.2 Å². The summed E-state index contributed by atoms with van der Waals surface area (Å²) in [6, 6.07) is 11.3. The van der Waals surface area contributed by atoms with Gasteiger partial charge in [-0.1, -0.05) is 18.2 Å². The Morgan fingerprint density at radius 3 is 2.72 bits per heavy atom. The maximum absolute atomic E-state index is 12.3. The van der Waals surface area contributed by atoms with Crippen LogP contribution in [0.4, 0.5) is 0 Å². The largest absolute Gasteiger partial charge is 0.496 e. The highest BCUT2D eigenvalue weighted by molar-refractivity contribution is 7.09. The molecule has 2 rings (SSSR count). The molecule has 0 saturated carbocycles. The van der Waals surface area contributed by atoms with Crippen molar-refractivity contribution < 1.29 is 9.53 Å². The quantitative estimate of drug-likeness (QED) is 0.846. The Hall–Kier alpha value is -1.81. The average Bonchev–Trinajstić information content (AvgIpc) is 2.90. The monoisotopic (exact) mass is 261 g/mol. The summed E-state index contributed by atoms with van der Waals surface area (Å²) < 4.78 is 5.21. The first-order valence-electron chi connectivity index (χ1n) is 5.63. The number of nitrogens with zero attached hydrogens (tertiary/aromatic N) is 1. The molecule has 0 atom stereocenters. The first-order valence-corrected chi connectivity index (χ1v) is 6.51. The lowest BCUT2D eigenvalue weighted by atomic mass is 10.2. The van der Waals surface area contributed by atoms with Crippen molar-refractivity contribution in [1.29, 1.82) is 0 Å². The predicted molar refractivity (Wildman–Crippen MR) is 73.1 cm³/mol. The van der Waals surface area contributed by atoms with Crippen molar-refractivity contribution in [1.82, 2.24) is 4.90 Å². The Balaban J connectivity index is 2.15. The van der Waals surface area contributed by atoms with Gasteiger partial charge in [-0.15, -0.1) is 11.3 Å². The molecule has 1 heterocycles. The minimum atomic E-state index is -0.0270. The summed E-state index contributed by atoms with van der Waals surface area (Å²) in [6.07, 6.45) is 0. The topological polar surface area (TPSA) is 29.5 Å². The standard InChI is InChI=1S/C14H15NO2S/c1-15(10-11-6-5-9-18-11)14(16)12-7-3-4-8-13(12)17-2/h3-9H,10H2,1-2H3. The van der Waals surface area contributed by atoms with Gasteiger partial charge in [0, 0.05) is 11.9 Å². The molecule has 0 saturated heterocycles. The van der Waals surface area contributed by atoms with Gasteiger partial charge in [0.25, 0.3) is 5.91 Å². The van der Waals surface area contributed by atoms with Gasteiger partial charge in [-0.3, -0.25) is 4.79 Å². The first kappa shape index (κ1) is 12.6. The second-order valence-electron chi connectivity index (χ2n) is 3.94. The van der Waals surface area contributed by atoms with E-state index < -0.39 is 0 Å². The molecular formula is C14H15NO2S. The summed E-state index contributed by atoms with van der Waals surface area (Å²) in [5, 5.41) is 2.01. The highest BCUT2D eigenvalue weighted by Crippen LogP contribution is 2.20. The maximum atomic E-state index is 12.3. The van der Waals surface area contributed by atoms with Crippen LogP contribution in [-0.4, -0.2) is 25.0 Å². The molecule has 94 valence electrons. The van der Waals surface area contributed by atoms with E-state index in [1.807, 2.05) is 29.6 Å². The maximum Gasteiger partial charge on any atom is 0.257 e. The van der Waals surface area contributed by atoms with Gasteiger partial charge in [0.15, 0.2) is 0 Å². The summed E-state index contributed by atoms with van der Waals surface area (Å²) >= 11 is 1.65. The Bertz CT molecular complexity index is 522. The third-order valence-electron chi connectivity index (χ3n) is 2.66. The van der Waals surface area contributed by atoms with Crippen LogP contribution in [-0.2, 0) is 6.54 Å². The van der Waals surface area contributed by atoms with E-state index in [1.165, 1.54) is 4.88 Å². The van der Waals surface area contributed by atoms with Crippen molar-refractivity contribution in [3.63, 3.8) is 0 Å². The molecule has 18 heavy (non-hydrogen) atoms. The van der Waals surface area contributed by atoms with E-state index in [0.29, 0.717) is 17.9 Å². The molecule has 0 aliphatic carbocycles. The van der Waals surface area contributed by atoms with E-state index in [1.54, 1.807) is 42.5 Å². The Morgan fingerprint density at radius 1 is 1.28 bits per heavy atom. The number of rotatable bonds is 4. The molecule has 1 aromatic carbocycles. The first-order chi connectivity index (χ1) is 8.72. The predicted octanol–water partition coefficient (Wildman–Crippen LogP) is 3.03. The van der Waals surface area contributed by atoms with Crippen LogP contribution in [0.2, 0.25) is 0 Å². The van der Waals surface area contributed by atoms with Gasteiger partial charge in [0.1, 0.15) is 5.75 Å². The van der Waals surface area contributed by atoms with Crippen molar-refractivity contribution >= 4 is 17.2 Å². The van der Waals surface area contributed by atoms with Crippen LogP contribution in [0.3, 0.4) is 0 Å². The molecule has 1 aromatic heterocycles. The molecule has 3 nitrogen and oxygen atoms in total. The summed E-state index contributed by atoms with van der Waals surface area (Å²) in [5.41, 5.74) is 0.596. The summed E-state index contributed by atoms with van der Waals surface area (Å²) in [4.78, 5) is 15.2. The zero-order chi connectivity index (χ0) is 13.0. The lowest BCUT2D eigenvalue weighted by Crippen LogP contribution is -2.26. The van der Waals surface area contributed by atoms with E-state index in [-0.39, 0.29) is 5.91 Å². The van der Waals surface area contributed by atoms with Gasteiger partial charge in [-0.25, -0.2) is 0 Å². The van der Waals surface area contributed by atoms with Crippen molar-refractivity contribution in [2.24, 2.45) is 0 Å². The molecule has 2 aromatic rings. The van der Waals surface area contributed by atoms with Crippen molar-refractivity contribution in [2.45, 2.75) is 6.54 Å². The molecular weight excluding hydrogens is 246 g/mol. The van der Waals surface area contributed by atoms with Crippen LogP contribution >= 0.6 is 11.3 Å². The minimum absolute atomic E-state index is 0.0270. The molecule has 4 heteroatoms. The zero-order valence-electron chi connectivity index (χ0n) is 10.4. The fourth-order valence-corrected chi connectivity index (χ4v) is 2.49. The summed E-state index contributed by atoms with van der Waals surface area (Å²) in [7, 11) is 3.37. The van der Waals surface area contributed by atoms with Crippen LogP contribution in [0, 0.1) is 0 Å². The zero-order valence-corrected chi connectivity index (χ0v) is 11.2. The number of ether oxygens (including phenoxy) is 1. The van der Waals surface area contributed by atoms with Crippen LogP contribution in [0.5, 0.6) is 5.75 Å². The number of thiophene rings is 1. The fourth-order valence-electron chi connectivity index (χ4n) is 1.74.